The van der Waals surface area contributed by atoms with Crippen LogP contribution in [0.3, 0.4) is 0 Å². The van der Waals surface area contributed by atoms with Gasteiger partial charge in [-0.3, -0.25) is 0 Å². The second-order valence-electron chi connectivity index (χ2n) is 2.40. The topological polar surface area (TPSA) is 61.3 Å². The summed E-state index contributed by atoms with van der Waals surface area (Å²) in [7, 11) is 1.66. The van der Waals surface area contributed by atoms with E-state index in [1.54, 1.807) is 7.11 Å². The van der Waals surface area contributed by atoms with Crippen molar-refractivity contribution in [2.24, 2.45) is 11.5 Å². The molecule has 0 heterocycles. The molecule has 3 heteroatoms. The second kappa shape index (κ2) is 3.82. The molecule has 0 aromatic carbocycles. The number of rotatable bonds is 4. The molecule has 0 rings (SSSR count). The predicted molar refractivity (Wildman–Crippen MR) is 38.1 cm³/mol. The Morgan fingerprint density at radius 2 is 2.00 bits per heavy atom. The van der Waals surface area contributed by atoms with Gasteiger partial charge in [0.1, 0.15) is 0 Å². The summed E-state index contributed by atoms with van der Waals surface area (Å²) in [5.41, 5.74) is 10.5. The Kier molecular flexibility index (Phi) is 3.77. The largest absolute Gasteiger partial charge is 0.377 e. The maximum Gasteiger partial charge on any atom is 0.0784 e. The van der Waals surface area contributed by atoms with Crippen molar-refractivity contribution in [2.75, 3.05) is 20.2 Å². The van der Waals surface area contributed by atoms with Crippen LogP contribution in [0.1, 0.15) is 13.3 Å². The fourth-order valence-electron chi connectivity index (χ4n) is 0.593. The maximum atomic E-state index is 5.42. The van der Waals surface area contributed by atoms with E-state index in [0.29, 0.717) is 13.1 Å². The van der Waals surface area contributed by atoms with Crippen molar-refractivity contribution >= 4 is 0 Å². The molecule has 0 saturated carbocycles. The Labute approximate surface area is 56.4 Å². The van der Waals surface area contributed by atoms with E-state index in [4.69, 9.17) is 16.2 Å². The van der Waals surface area contributed by atoms with E-state index in [-0.39, 0.29) is 5.60 Å². The second-order valence-corrected chi connectivity index (χ2v) is 2.40. The van der Waals surface area contributed by atoms with Crippen LogP contribution in [0.5, 0.6) is 0 Å². The lowest BCUT2D eigenvalue weighted by Crippen LogP contribution is -2.38. The van der Waals surface area contributed by atoms with Crippen LogP contribution in [0.4, 0.5) is 0 Å². The van der Waals surface area contributed by atoms with Crippen LogP contribution in [0.25, 0.3) is 0 Å². The first-order valence-corrected chi connectivity index (χ1v) is 3.14. The number of nitrogens with two attached hydrogens (primary N) is 2. The Balaban J connectivity index is 3.62. The normalized spacial score (nSPS) is 17.3. The molecule has 1 atom stereocenters. The van der Waals surface area contributed by atoms with Crippen LogP contribution in [0.15, 0.2) is 0 Å². The minimum atomic E-state index is -0.214. The average molecular weight is 132 g/mol. The monoisotopic (exact) mass is 132 g/mol. The van der Waals surface area contributed by atoms with Crippen molar-refractivity contribution in [1.82, 2.24) is 0 Å². The fourth-order valence-corrected chi connectivity index (χ4v) is 0.593. The Morgan fingerprint density at radius 1 is 1.44 bits per heavy atom. The summed E-state index contributed by atoms with van der Waals surface area (Å²) in [5.74, 6) is 0. The molecule has 0 bridgehead atoms. The van der Waals surface area contributed by atoms with E-state index in [1.165, 1.54) is 0 Å². The molecule has 0 amide bonds. The molecule has 0 fully saturated rings. The lowest BCUT2D eigenvalue weighted by molar-refractivity contribution is 0.00888. The zero-order valence-electron chi connectivity index (χ0n) is 6.18. The highest BCUT2D eigenvalue weighted by molar-refractivity contribution is 4.75. The molecule has 56 valence electrons. The van der Waals surface area contributed by atoms with Gasteiger partial charge in [0.2, 0.25) is 0 Å². The fraction of sp³-hybridized carbons (Fsp3) is 1.00. The molecule has 0 aromatic heterocycles. The van der Waals surface area contributed by atoms with E-state index in [2.05, 4.69) is 0 Å². The summed E-state index contributed by atoms with van der Waals surface area (Å²) in [4.78, 5) is 0. The van der Waals surface area contributed by atoms with Gasteiger partial charge >= 0.3 is 0 Å². The molecule has 0 aliphatic carbocycles. The molecule has 0 saturated heterocycles. The van der Waals surface area contributed by atoms with Gasteiger partial charge in [-0.15, -0.1) is 0 Å². The number of hydrogen-bond donors (Lipinski definition) is 2. The van der Waals surface area contributed by atoms with Gasteiger partial charge in [0.25, 0.3) is 0 Å². The van der Waals surface area contributed by atoms with Crippen molar-refractivity contribution in [2.45, 2.75) is 18.9 Å². The lowest BCUT2D eigenvalue weighted by atomic mass is 10.0. The van der Waals surface area contributed by atoms with Crippen molar-refractivity contribution in [3.05, 3.63) is 0 Å². The molecule has 0 radical (unpaired) electrons. The number of ether oxygens (including phenoxy) is 1. The first-order chi connectivity index (χ1) is 4.18. The molecule has 3 nitrogen and oxygen atoms in total. The van der Waals surface area contributed by atoms with E-state index < -0.39 is 0 Å². The van der Waals surface area contributed by atoms with Crippen molar-refractivity contribution < 1.29 is 4.74 Å². The minimum absolute atomic E-state index is 0.214. The molecule has 0 aliphatic heterocycles. The van der Waals surface area contributed by atoms with Gasteiger partial charge in [-0.05, 0) is 19.9 Å². The van der Waals surface area contributed by atoms with Gasteiger partial charge in [0.05, 0.1) is 5.60 Å². The summed E-state index contributed by atoms with van der Waals surface area (Å²) in [6.07, 6.45) is 0.819. The molecular formula is C6H16N2O. The van der Waals surface area contributed by atoms with Crippen LogP contribution in [0, 0.1) is 0 Å². The zero-order chi connectivity index (χ0) is 7.33. The summed E-state index contributed by atoms with van der Waals surface area (Å²) in [6.45, 7) is 3.11. The highest BCUT2D eigenvalue weighted by Crippen LogP contribution is 2.09. The maximum absolute atomic E-state index is 5.42. The smallest absolute Gasteiger partial charge is 0.0784 e. The third-order valence-corrected chi connectivity index (χ3v) is 1.60. The van der Waals surface area contributed by atoms with Gasteiger partial charge in [-0.2, -0.15) is 0 Å². The molecule has 4 N–H and O–H groups in total. The third kappa shape index (κ3) is 2.79. The third-order valence-electron chi connectivity index (χ3n) is 1.60. The van der Waals surface area contributed by atoms with E-state index in [1.807, 2.05) is 6.92 Å². The summed E-state index contributed by atoms with van der Waals surface area (Å²) < 4.78 is 5.12. The Hall–Kier alpha value is -0.120. The highest BCUT2D eigenvalue weighted by atomic mass is 16.5. The molecular weight excluding hydrogens is 116 g/mol. The first kappa shape index (κ1) is 8.88. The number of hydrogen-bond acceptors (Lipinski definition) is 3. The summed E-state index contributed by atoms with van der Waals surface area (Å²) in [5, 5.41) is 0. The van der Waals surface area contributed by atoms with Gasteiger partial charge in [-0.1, -0.05) is 0 Å². The van der Waals surface area contributed by atoms with Crippen molar-refractivity contribution in [3.63, 3.8) is 0 Å². The molecule has 0 aromatic rings. The zero-order valence-corrected chi connectivity index (χ0v) is 6.18. The minimum Gasteiger partial charge on any atom is -0.377 e. The van der Waals surface area contributed by atoms with E-state index >= 15 is 0 Å². The summed E-state index contributed by atoms with van der Waals surface area (Å²) in [6, 6.07) is 0. The molecule has 0 spiro atoms. The molecule has 9 heavy (non-hydrogen) atoms. The lowest BCUT2D eigenvalue weighted by Gasteiger charge is -2.25. The standard InChI is InChI=1S/C6H16N2O/c1-6(5-8,9-2)3-4-7/h3-5,7-8H2,1-2H3. The Bertz CT molecular complexity index is 71.5. The van der Waals surface area contributed by atoms with Gasteiger partial charge in [-0.25, -0.2) is 0 Å². The van der Waals surface area contributed by atoms with Crippen LogP contribution >= 0.6 is 0 Å². The van der Waals surface area contributed by atoms with Crippen LogP contribution in [-0.2, 0) is 4.74 Å². The van der Waals surface area contributed by atoms with Gasteiger partial charge in [0, 0.05) is 13.7 Å². The summed E-state index contributed by atoms with van der Waals surface area (Å²) >= 11 is 0. The average Bonchev–Trinajstić information content (AvgIpc) is 1.89. The molecule has 0 aliphatic rings. The molecule has 1 unspecified atom stereocenters. The van der Waals surface area contributed by atoms with Gasteiger partial charge in [0.15, 0.2) is 0 Å². The van der Waals surface area contributed by atoms with Crippen LogP contribution < -0.4 is 11.5 Å². The van der Waals surface area contributed by atoms with Crippen LogP contribution in [0.2, 0.25) is 0 Å². The number of methoxy groups -OCH3 is 1. The van der Waals surface area contributed by atoms with E-state index in [9.17, 15) is 0 Å². The quantitative estimate of drug-likeness (QED) is 0.552. The van der Waals surface area contributed by atoms with Crippen molar-refractivity contribution in [3.8, 4) is 0 Å². The van der Waals surface area contributed by atoms with Gasteiger partial charge < -0.3 is 16.2 Å². The highest BCUT2D eigenvalue weighted by Gasteiger charge is 2.19. The van der Waals surface area contributed by atoms with Crippen molar-refractivity contribution in [1.29, 1.82) is 0 Å². The Morgan fingerprint density at radius 3 is 2.11 bits per heavy atom. The SMILES string of the molecule is COC(C)(CN)CCN. The first-order valence-electron chi connectivity index (χ1n) is 3.14. The predicted octanol–water partition coefficient (Wildman–Crippen LogP) is -0.301. The van der Waals surface area contributed by atoms with E-state index in [0.717, 1.165) is 6.42 Å². The van der Waals surface area contributed by atoms with Crippen LogP contribution in [-0.4, -0.2) is 25.8 Å².